The number of nitrogen functional groups attached to an aromatic ring is 1. The summed E-state index contributed by atoms with van der Waals surface area (Å²) in [6.45, 7) is 0. The molecule has 0 spiro atoms. The average molecular weight is 270 g/mol. The van der Waals surface area contributed by atoms with Gasteiger partial charge in [-0.15, -0.1) is 0 Å². The minimum Gasteiger partial charge on any atom is -0.368 e. The van der Waals surface area contributed by atoms with Crippen molar-refractivity contribution in [3.05, 3.63) is 15.9 Å². The van der Waals surface area contributed by atoms with E-state index in [9.17, 15) is 8.42 Å². The first-order valence-corrected chi connectivity index (χ1v) is 6.76. The van der Waals surface area contributed by atoms with Gasteiger partial charge in [0.15, 0.2) is 0 Å². The predicted octanol–water partition coefficient (Wildman–Crippen LogP) is 0.953. The number of rotatable bonds is 3. The van der Waals surface area contributed by atoms with Crippen molar-refractivity contribution in [3.8, 4) is 0 Å². The number of hydrogen-bond acceptors (Lipinski definition) is 5. The third-order valence-corrected chi connectivity index (χ3v) is 3.22. The van der Waals surface area contributed by atoms with Crippen LogP contribution in [0, 0.1) is 0 Å². The second-order valence-electron chi connectivity index (χ2n) is 3.02. The quantitative estimate of drug-likeness (QED) is 0.826. The third kappa shape index (κ3) is 3.81. The van der Waals surface area contributed by atoms with Gasteiger partial charge in [-0.25, -0.2) is 18.4 Å². The maximum atomic E-state index is 10.9. The molecular weight excluding hydrogens is 261 g/mol. The topological polar surface area (TPSA) is 85.9 Å². The van der Waals surface area contributed by atoms with E-state index in [2.05, 4.69) is 9.97 Å². The molecule has 1 rings (SSSR count). The van der Waals surface area contributed by atoms with Gasteiger partial charge in [-0.2, -0.15) is 0 Å². The van der Waals surface area contributed by atoms with Crippen LogP contribution in [0.5, 0.6) is 0 Å². The minimum absolute atomic E-state index is 0.0342. The van der Waals surface area contributed by atoms with Crippen LogP contribution in [-0.4, -0.2) is 30.4 Å². The Labute approximate surface area is 97.5 Å². The van der Waals surface area contributed by atoms with E-state index in [-0.39, 0.29) is 28.4 Å². The summed E-state index contributed by atoms with van der Waals surface area (Å²) >= 11 is 11.5. The highest BCUT2D eigenvalue weighted by molar-refractivity contribution is 7.90. The summed E-state index contributed by atoms with van der Waals surface area (Å²) in [5.41, 5.74) is 5.70. The van der Waals surface area contributed by atoms with Crippen molar-refractivity contribution in [3.63, 3.8) is 0 Å². The maximum absolute atomic E-state index is 10.9. The molecule has 1 aromatic rings. The molecule has 84 valence electrons. The van der Waals surface area contributed by atoms with E-state index in [0.717, 1.165) is 6.26 Å². The molecule has 0 aliphatic heterocycles. The Kier molecular flexibility index (Phi) is 3.75. The summed E-state index contributed by atoms with van der Waals surface area (Å²) in [5.74, 6) is -0.0900. The lowest BCUT2D eigenvalue weighted by atomic mass is 10.3. The van der Waals surface area contributed by atoms with Crippen molar-refractivity contribution in [1.82, 2.24) is 9.97 Å². The summed E-state index contributed by atoms with van der Waals surface area (Å²) in [6.07, 6.45) is 1.31. The van der Waals surface area contributed by atoms with Gasteiger partial charge in [-0.1, -0.05) is 23.2 Å². The van der Waals surface area contributed by atoms with Crippen molar-refractivity contribution in [2.45, 2.75) is 6.42 Å². The molecule has 0 aromatic carbocycles. The van der Waals surface area contributed by atoms with E-state index in [1.165, 1.54) is 0 Å². The summed E-state index contributed by atoms with van der Waals surface area (Å²) in [4.78, 5) is 7.38. The largest absolute Gasteiger partial charge is 0.368 e. The van der Waals surface area contributed by atoms with Gasteiger partial charge < -0.3 is 5.73 Å². The van der Waals surface area contributed by atoms with Crippen molar-refractivity contribution in [1.29, 1.82) is 0 Å². The Morgan fingerprint density at radius 1 is 1.27 bits per heavy atom. The standard InChI is InChI=1S/C7H9Cl2N3O2S/c1-15(13,14)3-2-4-5(8)11-7(10)12-6(4)9/h2-3H2,1H3,(H2,10,11,12). The van der Waals surface area contributed by atoms with Crippen LogP contribution >= 0.6 is 23.2 Å². The van der Waals surface area contributed by atoms with Crippen molar-refractivity contribution >= 4 is 39.0 Å². The van der Waals surface area contributed by atoms with Gasteiger partial charge in [0.05, 0.1) is 5.75 Å². The molecule has 0 saturated carbocycles. The van der Waals surface area contributed by atoms with Crippen LogP contribution in [0.4, 0.5) is 5.95 Å². The van der Waals surface area contributed by atoms with E-state index >= 15 is 0 Å². The smallest absolute Gasteiger partial charge is 0.222 e. The second-order valence-corrected chi connectivity index (χ2v) is 6.00. The molecule has 8 heteroatoms. The molecule has 0 saturated heterocycles. The van der Waals surface area contributed by atoms with E-state index in [1.807, 2.05) is 0 Å². The zero-order valence-electron chi connectivity index (χ0n) is 7.87. The van der Waals surface area contributed by atoms with E-state index in [0.29, 0.717) is 5.56 Å². The molecule has 2 N–H and O–H groups in total. The van der Waals surface area contributed by atoms with Crippen LogP contribution in [0.2, 0.25) is 10.3 Å². The molecule has 0 unspecified atom stereocenters. The van der Waals surface area contributed by atoms with E-state index in [1.54, 1.807) is 0 Å². The van der Waals surface area contributed by atoms with Crippen molar-refractivity contribution in [2.75, 3.05) is 17.7 Å². The molecule has 1 aromatic heterocycles. The van der Waals surface area contributed by atoms with Gasteiger partial charge in [0.1, 0.15) is 20.1 Å². The zero-order valence-corrected chi connectivity index (χ0v) is 10.2. The number of nitrogens with zero attached hydrogens (tertiary/aromatic N) is 2. The van der Waals surface area contributed by atoms with Gasteiger partial charge in [-0.3, -0.25) is 0 Å². The highest BCUT2D eigenvalue weighted by Gasteiger charge is 2.12. The summed E-state index contributed by atoms with van der Waals surface area (Å²) < 4.78 is 21.9. The minimum atomic E-state index is -3.07. The molecule has 0 aliphatic carbocycles. The lowest BCUT2D eigenvalue weighted by Crippen LogP contribution is -2.08. The van der Waals surface area contributed by atoms with Crippen molar-refractivity contribution in [2.24, 2.45) is 0 Å². The Balaban J connectivity index is 2.96. The normalized spacial score (nSPS) is 11.7. The fourth-order valence-electron chi connectivity index (χ4n) is 0.940. The average Bonchev–Trinajstić information content (AvgIpc) is 1.99. The molecule has 0 radical (unpaired) electrons. The molecule has 0 fully saturated rings. The SMILES string of the molecule is CS(=O)(=O)CCc1c(Cl)nc(N)nc1Cl. The lowest BCUT2D eigenvalue weighted by Gasteiger charge is -2.05. The number of halogens is 2. The Morgan fingerprint density at radius 2 is 1.73 bits per heavy atom. The number of hydrogen-bond donors (Lipinski definition) is 1. The van der Waals surface area contributed by atoms with Gasteiger partial charge in [-0.05, 0) is 6.42 Å². The Bertz CT molecular complexity index is 452. The van der Waals surface area contributed by atoms with Crippen LogP contribution in [0.1, 0.15) is 5.56 Å². The Morgan fingerprint density at radius 3 is 2.13 bits per heavy atom. The van der Waals surface area contributed by atoms with Crippen LogP contribution in [0.3, 0.4) is 0 Å². The number of anilines is 1. The maximum Gasteiger partial charge on any atom is 0.222 e. The zero-order chi connectivity index (χ0) is 11.6. The molecule has 15 heavy (non-hydrogen) atoms. The molecule has 0 amide bonds. The first kappa shape index (κ1) is 12.5. The molecule has 0 aliphatic rings. The highest BCUT2D eigenvalue weighted by atomic mass is 35.5. The fraction of sp³-hybridized carbons (Fsp3) is 0.429. The Hall–Kier alpha value is -0.590. The van der Waals surface area contributed by atoms with Crippen LogP contribution in [0.15, 0.2) is 0 Å². The molecule has 5 nitrogen and oxygen atoms in total. The van der Waals surface area contributed by atoms with Gasteiger partial charge in [0.25, 0.3) is 0 Å². The molecule has 1 heterocycles. The molecule has 0 bridgehead atoms. The van der Waals surface area contributed by atoms with Gasteiger partial charge >= 0.3 is 0 Å². The van der Waals surface area contributed by atoms with Crippen LogP contribution < -0.4 is 5.73 Å². The summed E-state index contributed by atoms with van der Waals surface area (Å²) in [5, 5.41) is 0.187. The van der Waals surface area contributed by atoms with E-state index in [4.69, 9.17) is 28.9 Å². The number of sulfone groups is 1. The molecule has 0 atom stereocenters. The highest BCUT2D eigenvalue weighted by Crippen LogP contribution is 2.22. The van der Waals surface area contributed by atoms with Gasteiger partial charge in [0, 0.05) is 11.8 Å². The first-order chi connectivity index (χ1) is 6.79. The van der Waals surface area contributed by atoms with Gasteiger partial charge in [0.2, 0.25) is 5.95 Å². The number of nitrogens with two attached hydrogens (primary N) is 1. The summed E-state index contributed by atoms with van der Waals surface area (Å²) in [6, 6.07) is 0. The third-order valence-electron chi connectivity index (χ3n) is 1.65. The number of aromatic nitrogens is 2. The van der Waals surface area contributed by atoms with Crippen LogP contribution in [0.25, 0.3) is 0 Å². The predicted molar refractivity (Wildman–Crippen MR) is 59.9 cm³/mol. The van der Waals surface area contributed by atoms with E-state index < -0.39 is 9.84 Å². The summed E-state index contributed by atoms with van der Waals surface area (Å²) in [7, 11) is -3.07. The molecular formula is C7H9Cl2N3O2S. The second kappa shape index (κ2) is 4.51. The lowest BCUT2D eigenvalue weighted by molar-refractivity contribution is 0.601. The van der Waals surface area contributed by atoms with Crippen LogP contribution in [-0.2, 0) is 16.3 Å². The van der Waals surface area contributed by atoms with Crippen molar-refractivity contribution < 1.29 is 8.42 Å². The first-order valence-electron chi connectivity index (χ1n) is 3.94. The fourth-order valence-corrected chi connectivity index (χ4v) is 2.10. The monoisotopic (exact) mass is 269 g/mol.